The van der Waals surface area contributed by atoms with Crippen LogP contribution in [-0.2, 0) is 0 Å². The second-order valence-electron chi connectivity index (χ2n) is 8.18. The summed E-state index contributed by atoms with van der Waals surface area (Å²) in [6.07, 6.45) is 7.96. The second-order valence-corrected chi connectivity index (χ2v) is 8.18. The molecule has 0 aliphatic heterocycles. The Labute approximate surface area is 169 Å². The number of aromatic amines is 1. The zero-order chi connectivity index (χ0) is 20.0. The summed E-state index contributed by atoms with van der Waals surface area (Å²) in [7, 11) is 0. The van der Waals surface area contributed by atoms with Gasteiger partial charge in [0.05, 0.1) is 5.69 Å². The molecule has 0 amide bonds. The molecule has 7 heteroatoms. The Bertz CT molecular complexity index is 1160. The van der Waals surface area contributed by atoms with E-state index in [1.54, 1.807) is 6.20 Å². The number of H-pyrrole nitrogens is 1. The van der Waals surface area contributed by atoms with Gasteiger partial charge in [0.2, 0.25) is 0 Å². The highest BCUT2D eigenvalue weighted by Crippen LogP contribution is 2.31. The average Bonchev–Trinajstić information content (AvgIpc) is 3.31. The van der Waals surface area contributed by atoms with E-state index in [4.69, 9.17) is 10.8 Å². The SMILES string of the molecule is Cc1cc2cc(Nc3c(C)c(NC4CCC(N)CC4)nn4ccnc34)ccc2[nH]1. The number of anilines is 3. The van der Waals surface area contributed by atoms with Gasteiger partial charge in [0.25, 0.3) is 0 Å². The van der Waals surface area contributed by atoms with Gasteiger partial charge in [0, 0.05) is 52.3 Å². The number of aromatic nitrogens is 4. The molecular formula is C22H27N7. The van der Waals surface area contributed by atoms with Crippen molar-refractivity contribution in [2.45, 2.75) is 51.6 Å². The molecule has 7 nitrogen and oxygen atoms in total. The molecule has 5 N–H and O–H groups in total. The Morgan fingerprint density at radius 3 is 2.79 bits per heavy atom. The van der Waals surface area contributed by atoms with Gasteiger partial charge in [-0.25, -0.2) is 9.50 Å². The molecule has 1 fully saturated rings. The summed E-state index contributed by atoms with van der Waals surface area (Å²) in [5.41, 5.74) is 12.3. The lowest BCUT2D eigenvalue weighted by atomic mass is 9.92. The number of rotatable bonds is 4. The zero-order valence-corrected chi connectivity index (χ0v) is 16.9. The Kier molecular flexibility index (Phi) is 4.39. The van der Waals surface area contributed by atoms with Crippen molar-refractivity contribution in [2.75, 3.05) is 10.6 Å². The van der Waals surface area contributed by atoms with Crippen LogP contribution in [-0.4, -0.2) is 31.7 Å². The van der Waals surface area contributed by atoms with E-state index in [1.165, 1.54) is 5.39 Å². The quantitative estimate of drug-likeness (QED) is 0.418. The van der Waals surface area contributed by atoms with Gasteiger partial charge in [0.15, 0.2) is 11.5 Å². The van der Waals surface area contributed by atoms with E-state index in [2.05, 4.69) is 58.7 Å². The third-order valence-electron chi connectivity index (χ3n) is 5.92. The molecule has 0 bridgehead atoms. The van der Waals surface area contributed by atoms with Gasteiger partial charge in [-0.2, -0.15) is 0 Å². The molecule has 5 rings (SSSR count). The highest BCUT2D eigenvalue weighted by Gasteiger charge is 2.21. The van der Waals surface area contributed by atoms with E-state index in [-0.39, 0.29) is 0 Å². The molecule has 150 valence electrons. The molecule has 0 spiro atoms. The fourth-order valence-corrected chi connectivity index (χ4v) is 4.27. The predicted molar refractivity (Wildman–Crippen MR) is 118 cm³/mol. The van der Waals surface area contributed by atoms with Crippen molar-refractivity contribution in [3.8, 4) is 0 Å². The van der Waals surface area contributed by atoms with Crippen LogP contribution < -0.4 is 16.4 Å². The Hall–Kier alpha value is -3.06. The Morgan fingerprint density at radius 1 is 1.14 bits per heavy atom. The summed E-state index contributed by atoms with van der Waals surface area (Å²) >= 11 is 0. The Morgan fingerprint density at radius 2 is 1.97 bits per heavy atom. The number of nitrogens with zero attached hydrogens (tertiary/aromatic N) is 3. The highest BCUT2D eigenvalue weighted by molar-refractivity contribution is 5.87. The molecule has 3 aromatic heterocycles. The minimum Gasteiger partial charge on any atom is -0.366 e. The van der Waals surface area contributed by atoms with Crippen LogP contribution >= 0.6 is 0 Å². The molecule has 3 heterocycles. The summed E-state index contributed by atoms with van der Waals surface area (Å²) in [5, 5.41) is 13.2. The maximum atomic E-state index is 6.06. The topological polar surface area (TPSA) is 96.1 Å². The molecule has 1 saturated carbocycles. The predicted octanol–water partition coefficient (Wildman–Crippen LogP) is 4.25. The van der Waals surface area contributed by atoms with Gasteiger partial charge in [-0.05, 0) is 63.8 Å². The lowest BCUT2D eigenvalue weighted by molar-refractivity contribution is 0.410. The van der Waals surface area contributed by atoms with E-state index in [0.717, 1.165) is 65.3 Å². The number of nitrogens with one attached hydrogen (secondary N) is 3. The molecule has 1 aliphatic carbocycles. The number of benzene rings is 1. The van der Waals surface area contributed by atoms with Gasteiger partial charge < -0.3 is 21.4 Å². The third-order valence-corrected chi connectivity index (χ3v) is 5.92. The zero-order valence-electron chi connectivity index (χ0n) is 16.9. The van der Waals surface area contributed by atoms with Gasteiger partial charge in [-0.1, -0.05) is 0 Å². The maximum absolute atomic E-state index is 6.06. The first-order chi connectivity index (χ1) is 14.1. The first-order valence-corrected chi connectivity index (χ1v) is 10.3. The summed E-state index contributed by atoms with van der Waals surface area (Å²) in [6.45, 7) is 4.17. The lowest BCUT2D eigenvalue weighted by Gasteiger charge is -2.28. The van der Waals surface area contributed by atoms with E-state index < -0.39 is 0 Å². The number of hydrogen-bond acceptors (Lipinski definition) is 5. The summed E-state index contributed by atoms with van der Waals surface area (Å²) in [5.74, 6) is 0.900. The molecule has 0 radical (unpaired) electrons. The molecule has 0 saturated heterocycles. The molecule has 29 heavy (non-hydrogen) atoms. The minimum absolute atomic E-state index is 0.336. The largest absolute Gasteiger partial charge is 0.366 e. The monoisotopic (exact) mass is 389 g/mol. The fraction of sp³-hybridized carbons (Fsp3) is 0.364. The maximum Gasteiger partial charge on any atom is 0.177 e. The van der Waals surface area contributed by atoms with Crippen LogP contribution in [0.2, 0.25) is 0 Å². The summed E-state index contributed by atoms with van der Waals surface area (Å²) < 4.78 is 1.84. The molecule has 4 aromatic rings. The fourth-order valence-electron chi connectivity index (χ4n) is 4.27. The van der Waals surface area contributed by atoms with Crippen LogP contribution in [0.3, 0.4) is 0 Å². The standard InChI is InChI=1S/C22H27N7/c1-13-11-15-12-18(7-8-19(15)25-13)26-20-14(2)21(28-29-10-9-24-22(20)29)27-17-5-3-16(23)4-6-17/h7-12,16-17,25-26H,3-6,23H2,1-2H3,(H,27,28). The molecular weight excluding hydrogens is 362 g/mol. The third kappa shape index (κ3) is 3.42. The van der Waals surface area contributed by atoms with Crippen LogP contribution in [0.1, 0.15) is 36.9 Å². The molecule has 1 aliphatic rings. The number of nitrogens with two attached hydrogens (primary N) is 1. The van der Waals surface area contributed by atoms with Crippen LogP contribution in [0.5, 0.6) is 0 Å². The lowest BCUT2D eigenvalue weighted by Crippen LogP contribution is -2.33. The van der Waals surface area contributed by atoms with Crippen LogP contribution in [0.15, 0.2) is 36.7 Å². The Balaban J connectivity index is 1.49. The number of fused-ring (bicyclic) bond motifs is 2. The number of aryl methyl sites for hydroxylation is 1. The smallest absolute Gasteiger partial charge is 0.177 e. The second kappa shape index (κ2) is 7.08. The van der Waals surface area contributed by atoms with Crippen molar-refractivity contribution in [3.05, 3.63) is 47.9 Å². The highest BCUT2D eigenvalue weighted by atomic mass is 15.3. The van der Waals surface area contributed by atoms with Gasteiger partial charge in [0.1, 0.15) is 0 Å². The van der Waals surface area contributed by atoms with Crippen LogP contribution in [0.25, 0.3) is 16.6 Å². The summed E-state index contributed by atoms with van der Waals surface area (Å²) in [6, 6.07) is 9.26. The first kappa shape index (κ1) is 18.0. The van der Waals surface area contributed by atoms with Crippen molar-refractivity contribution in [1.82, 2.24) is 19.6 Å². The number of hydrogen-bond donors (Lipinski definition) is 4. The van der Waals surface area contributed by atoms with E-state index in [1.807, 2.05) is 10.7 Å². The van der Waals surface area contributed by atoms with Gasteiger partial charge >= 0.3 is 0 Å². The normalized spacial score (nSPS) is 19.7. The molecule has 0 atom stereocenters. The minimum atomic E-state index is 0.336. The number of imidazole rings is 1. The van der Waals surface area contributed by atoms with Crippen LogP contribution in [0, 0.1) is 13.8 Å². The van der Waals surface area contributed by atoms with E-state index >= 15 is 0 Å². The van der Waals surface area contributed by atoms with Crippen molar-refractivity contribution in [3.63, 3.8) is 0 Å². The van der Waals surface area contributed by atoms with E-state index in [0.29, 0.717) is 12.1 Å². The van der Waals surface area contributed by atoms with Crippen LogP contribution in [0.4, 0.5) is 17.2 Å². The van der Waals surface area contributed by atoms with Crippen molar-refractivity contribution < 1.29 is 0 Å². The van der Waals surface area contributed by atoms with Crippen molar-refractivity contribution >= 4 is 33.7 Å². The van der Waals surface area contributed by atoms with Crippen molar-refractivity contribution in [2.24, 2.45) is 5.73 Å². The van der Waals surface area contributed by atoms with E-state index in [9.17, 15) is 0 Å². The first-order valence-electron chi connectivity index (χ1n) is 10.3. The van der Waals surface area contributed by atoms with Gasteiger partial charge in [-0.3, -0.25) is 0 Å². The van der Waals surface area contributed by atoms with Crippen molar-refractivity contribution in [1.29, 1.82) is 0 Å². The van der Waals surface area contributed by atoms with Gasteiger partial charge in [-0.15, -0.1) is 5.10 Å². The molecule has 0 unspecified atom stereocenters. The summed E-state index contributed by atoms with van der Waals surface area (Å²) in [4.78, 5) is 7.90. The molecule has 1 aromatic carbocycles. The average molecular weight is 390 g/mol.